The van der Waals surface area contributed by atoms with Gasteiger partial charge in [-0.05, 0) is 80.6 Å². The van der Waals surface area contributed by atoms with Crippen LogP contribution in [0.25, 0.3) is 11.4 Å². The van der Waals surface area contributed by atoms with Crippen LogP contribution < -0.4 is 15.0 Å². The zero-order valence-corrected chi connectivity index (χ0v) is 23.7. The fourth-order valence-electron chi connectivity index (χ4n) is 6.20. The Morgan fingerprint density at radius 2 is 1.80 bits per heavy atom. The molecular formula is C31H26Cl2N4O3. The average Bonchev–Trinajstić information content (AvgIpc) is 3.58. The summed E-state index contributed by atoms with van der Waals surface area (Å²) in [6.45, 7) is 4.04. The predicted molar refractivity (Wildman–Crippen MR) is 156 cm³/mol. The van der Waals surface area contributed by atoms with Gasteiger partial charge in [-0.3, -0.25) is 14.5 Å². The highest BCUT2D eigenvalue weighted by Crippen LogP contribution is 2.55. The molecule has 2 aliphatic heterocycles. The third kappa shape index (κ3) is 3.40. The number of rotatable bonds is 5. The second-order valence-corrected chi connectivity index (χ2v) is 11.7. The number of methoxy groups -OCH3 is 1. The van der Waals surface area contributed by atoms with Crippen molar-refractivity contribution in [2.24, 2.45) is 0 Å². The molecule has 7 rings (SSSR count). The van der Waals surface area contributed by atoms with Crippen molar-refractivity contribution in [3.63, 3.8) is 0 Å². The quantitative estimate of drug-likeness (QED) is 0.275. The fraction of sp³-hybridized carbons (Fsp3) is 0.258. The van der Waals surface area contributed by atoms with Crippen LogP contribution in [0, 0.1) is 0 Å². The molecule has 1 spiro atoms. The number of ether oxygens (including phenoxy) is 1. The number of anilines is 2. The van der Waals surface area contributed by atoms with Crippen LogP contribution in [-0.2, 0) is 10.3 Å². The normalized spacial score (nSPS) is 19.4. The number of amides is 2. The lowest BCUT2D eigenvalue weighted by Crippen LogP contribution is -2.51. The van der Waals surface area contributed by atoms with Crippen LogP contribution in [0.2, 0.25) is 10.0 Å². The van der Waals surface area contributed by atoms with E-state index in [-0.39, 0.29) is 23.6 Å². The number of aromatic nitrogens is 2. The maximum atomic E-state index is 14.4. The topological polar surface area (TPSA) is 76.5 Å². The number of nitrogens with zero attached hydrogens (tertiary/aromatic N) is 3. The first-order valence-corrected chi connectivity index (χ1v) is 14.0. The Morgan fingerprint density at radius 1 is 1.02 bits per heavy atom. The molecule has 1 aromatic heterocycles. The van der Waals surface area contributed by atoms with Crippen molar-refractivity contribution < 1.29 is 14.3 Å². The summed E-state index contributed by atoms with van der Waals surface area (Å²) in [6.07, 6.45) is 2.35. The summed E-state index contributed by atoms with van der Waals surface area (Å²) in [6, 6.07) is 18.2. The summed E-state index contributed by atoms with van der Waals surface area (Å²) in [4.78, 5) is 35.1. The standard InChI is InChI=1S/C31H26Cl2N4O3/c1-16(2)36-27-26(35-28(36)22-11-9-18(17-7-8-17)13-25(22)40-3)29(38)37(21-6-4-5-19(32)14-21)31(27)23-12-10-20(33)15-24(23)34-30(31)39/h4-6,9-17H,7-8H2,1-3H3,(H,34,39)/t31-/m1/s1. The van der Waals surface area contributed by atoms with E-state index in [0.29, 0.717) is 50.2 Å². The van der Waals surface area contributed by atoms with Gasteiger partial charge in [0, 0.05) is 33.0 Å². The van der Waals surface area contributed by atoms with E-state index in [2.05, 4.69) is 17.4 Å². The van der Waals surface area contributed by atoms with E-state index < -0.39 is 5.54 Å². The number of carbonyl (C=O) groups is 2. The number of fused-ring (bicyclic) bond motifs is 4. The molecule has 0 saturated heterocycles. The number of hydrogen-bond donors (Lipinski definition) is 1. The molecule has 3 aliphatic rings. The van der Waals surface area contributed by atoms with Gasteiger partial charge in [0.2, 0.25) is 0 Å². The molecule has 0 bridgehead atoms. The van der Waals surface area contributed by atoms with Crippen LogP contribution in [0.15, 0.2) is 60.7 Å². The summed E-state index contributed by atoms with van der Waals surface area (Å²) in [5.41, 5.74) is 2.88. The summed E-state index contributed by atoms with van der Waals surface area (Å²) < 4.78 is 7.83. The van der Waals surface area contributed by atoms with E-state index in [1.807, 2.05) is 24.5 Å². The fourth-order valence-corrected chi connectivity index (χ4v) is 6.56. The van der Waals surface area contributed by atoms with Gasteiger partial charge < -0.3 is 14.6 Å². The minimum absolute atomic E-state index is 0.146. The number of carbonyl (C=O) groups excluding carboxylic acids is 2. The smallest absolute Gasteiger partial charge is 0.280 e. The van der Waals surface area contributed by atoms with Gasteiger partial charge in [0.05, 0.1) is 18.4 Å². The zero-order chi connectivity index (χ0) is 27.9. The Hall–Kier alpha value is -3.81. The second-order valence-electron chi connectivity index (χ2n) is 10.8. The van der Waals surface area contributed by atoms with Crippen LogP contribution >= 0.6 is 23.2 Å². The van der Waals surface area contributed by atoms with Crippen molar-refractivity contribution in [1.29, 1.82) is 0 Å². The maximum Gasteiger partial charge on any atom is 0.280 e. The Labute approximate surface area is 241 Å². The highest BCUT2D eigenvalue weighted by Gasteiger charge is 2.64. The van der Waals surface area contributed by atoms with Crippen LogP contribution in [0.1, 0.15) is 66.0 Å². The first kappa shape index (κ1) is 25.2. The average molecular weight is 573 g/mol. The predicted octanol–water partition coefficient (Wildman–Crippen LogP) is 7.18. The van der Waals surface area contributed by atoms with E-state index in [1.165, 1.54) is 23.3 Å². The molecular weight excluding hydrogens is 547 g/mol. The molecule has 9 heteroatoms. The minimum Gasteiger partial charge on any atom is -0.496 e. The molecule has 0 radical (unpaired) electrons. The molecule has 1 atom stereocenters. The largest absolute Gasteiger partial charge is 0.496 e. The summed E-state index contributed by atoms with van der Waals surface area (Å²) >= 11 is 12.7. The molecule has 4 aromatic rings. The van der Waals surface area contributed by atoms with Crippen molar-refractivity contribution in [2.45, 2.75) is 44.2 Å². The first-order chi connectivity index (χ1) is 19.2. The van der Waals surface area contributed by atoms with Gasteiger partial charge >= 0.3 is 0 Å². The maximum absolute atomic E-state index is 14.4. The van der Waals surface area contributed by atoms with Gasteiger partial charge in [-0.15, -0.1) is 0 Å². The Kier molecular flexibility index (Phi) is 5.57. The van der Waals surface area contributed by atoms with Crippen molar-refractivity contribution >= 4 is 46.4 Å². The molecule has 3 aromatic carbocycles. The zero-order valence-electron chi connectivity index (χ0n) is 22.2. The van der Waals surface area contributed by atoms with E-state index >= 15 is 0 Å². The molecule has 3 heterocycles. The van der Waals surface area contributed by atoms with Crippen molar-refractivity contribution in [3.05, 3.63) is 93.2 Å². The minimum atomic E-state index is -1.52. The van der Waals surface area contributed by atoms with Gasteiger partial charge in [0.15, 0.2) is 11.2 Å². The number of imidazole rings is 1. The molecule has 1 aliphatic carbocycles. The lowest BCUT2D eigenvalue weighted by atomic mass is 9.87. The second kappa shape index (κ2) is 8.85. The van der Waals surface area contributed by atoms with Gasteiger partial charge in [0.25, 0.3) is 11.8 Å². The highest BCUT2D eigenvalue weighted by atomic mass is 35.5. The first-order valence-electron chi connectivity index (χ1n) is 13.3. The molecule has 40 heavy (non-hydrogen) atoms. The van der Waals surface area contributed by atoms with E-state index in [0.717, 1.165) is 5.56 Å². The SMILES string of the molecule is COc1cc(C2CC2)ccc1-c1nc2c(n1C(C)C)[C@]1(C(=O)Nc3cc(Cl)ccc31)N(c1cccc(Cl)c1)C2=O. The Balaban J connectivity index is 1.54. The third-order valence-electron chi connectivity index (χ3n) is 8.04. The molecule has 2 amide bonds. The molecule has 202 valence electrons. The van der Waals surface area contributed by atoms with Crippen LogP contribution in [0.4, 0.5) is 11.4 Å². The Bertz CT molecular complexity index is 1740. The van der Waals surface area contributed by atoms with Gasteiger partial charge in [-0.2, -0.15) is 0 Å². The summed E-state index contributed by atoms with van der Waals surface area (Å²) in [5, 5.41) is 3.93. The Morgan fingerprint density at radius 3 is 2.50 bits per heavy atom. The number of halogens is 2. The van der Waals surface area contributed by atoms with E-state index in [9.17, 15) is 9.59 Å². The molecule has 1 saturated carbocycles. The monoisotopic (exact) mass is 572 g/mol. The number of hydrogen-bond acceptors (Lipinski definition) is 4. The third-order valence-corrected chi connectivity index (χ3v) is 8.51. The highest BCUT2D eigenvalue weighted by molar-refractivity contribution is 6.32. The van der Waals surface area contributed by atoms with Crippen molar-refractivity contribution in [1.82, 2.24) is 9.55 Å². The van der Waals surface area contributed by atoms with Crippen LogP contribution in [-0.4, -0.2) is 28.5 Å². The van der Waals surface area contributed by atoms with Crippen molar-refractivity contribution in [2.75, 3.05) is 17.3 Å². The van der Waals surface area contributed by atoms with E-state index in [4.69, 9.17) is 32.9 Å². The molecule has 0 unspecified atom stereocenters. The lowest BCUT2D eigenvalue weighted by Gasteiger charge is -2.35. The number of benzene rings is 3. The van der Waals surface area contributed by atoms with Crippen molar-refractivity contribution in [3.8, 4) is 17.1 Å². The van der Waals surface area contributed by atoms with Crippen LogP contribution in [0.5, 0.6) is 5.75 Å². The summed E-state index contributed by atoms with van der Waals surface area (Å²) in [5.74, 6) is 1.07. The molecule has 1 fully saturated rings. The number of nitrogens with one attached hydrogen (secondary N) is 1. The van der Waals surface area contributed by atoms with Gasteiger partial charge in [0.1, 0.15) is 11.6 Å². The molecule has 1 N–H and O–H groups in total. The van der Waals surface area contributed by atoms with Gasteiger partial charge in [-0.25, -0.2) is 4.98 Å². The summed E-state index contributed by atoms with van der Waals surface area (Å²) in [7, 11) is 1.64. The van der Waals surface area contributed by atoms with Gasteiger partial charge in [-0.1, -0.05) is 41.4 Å². The lowest BCUT2D eigenvalue weighted by molar-refractivity contribution is -0.119. The van der Waals surface area contributed by atoms with Crippen LogP contribution in [0.3, 0.4) is 0 Å². The van der Waals surface area contributed by atoms with E-state index in [1.54, 1.807) is 49.6 Å². The molecule has 7 nitrogen and oxygen atoms in total.